The fraction of sp³-hybridized carbons (Fsp3) is 0.0556. The van der Waals surface area contributed by atoms with E-state index in [0.717, 1.165) is 16.0 Å². The zero-order valence-electron chi connectivity index (χ0n) is 13.2. The number of aryl methyl sites for hydroxylation is 1. The van der Waals surface area contributed by atoms with Gasteiger partial charge in [-0.2, -0.15) is 15.5 Å². The average Bonchev–Trinajstić information content (AvgIpc) is 3.23. The Morgan fingerprint density at radius 2 is 1.92 bits per heavy atom. The summed E-state index contributed by atoms with van der Waals surface area (Å²) in [5.41, 5.74) is 2.95. The predicted octanol–water partition coefficient (Wildman–Crippen LogP) is 3.90. The minimum absolute atomic E-state index is 0.296. The molecule has 0 fully saturated rings. The number of nitrogens with zero attached hydrogens (tertiary/aromatic N) is 5. The highest BCUT2D eigenvalue weighted by Gasteiger charge is 2.15. The Kier molecular flexibility index (Phi) is 3.75. The maximum atomic E-state index is 14.1. The van der Waals surface area contributed by atoms with Gasteiger partial charge in [0.2, 0.25) is 0 Å². The first kappa shape index (κ1) is 15.4. The zero-order chi connectivity index (χ0) is 17.4. The van der Waals surface area contributed by atoms with E-state index in [1.807, 2.05) is 25.5 Å². The second-order valence-electron chi connectivity index (χ2n) is 5.49. The largest absolute Gasteiger partial charge is 0.275 e. The number of rotatable bonds is 3. The Balaban J connectivity index is 1.92. The summed E-state index contributed by atoms with van der Waals surface area (Å²) in [5, 5.41) is 17.8. The summed E-state index contributed by atoms with van der Waals surface area (Å²) in [6, 6.07) is 10.7. The van der Waals surface area contributed by atoms with E-state index in [4.69, 9.17) is 0 Å². The molecule has 0 aliphatic rings. The molecular formula is C18H12FN5S. The number of benzene rings is 1. The van der Waals surface area contributed by atoms with Crippen molar-refractivity contribution in [1.29, 1.82) is 5.26 Å². The number of nitriles is 1. The Morgan fingerprint density at radius 1 is 1.08 bits per heavy atom. The molecule has 0 unspecified atom stereocenters. The van der Waals surface area contributed by atoms with Crippen LogP contribution in [-0.4, -0.2) is 19.4 Å². The quantitative estimate of drug-likeness (QED) is 0.563. The maximum Gasteiger partial charge on any atom is 0.137 e. The van der Waals surface area contributed by atoms with Crippen molar-refractivity contribution in [1.82, 2.24) is 19.4 Å². The first-order valence-electron chi connectivity index (χ1n) is 7.48. The molecule has 3 heterocycles. The van der Waals surface area contributed by atoms with Crippen molar-refractivity contribution in [3.63, 3.8) is 0 Å². The molecule has 0 spiro atoms. The lowest BCUT2D eigenvalue weighted by Crippen LogP contribution is -1.92. The van der Waals surface area contributed by atoms with Gasteiger partial charge in [0.05, 0.1) is 23.5 Å². The Labute approximate surface area is 147 Å². The third-order valence-corrected chi connectivity index (χ3v) is 4.87. The molecular weight excluding hydrogens is 337 g/mol. The van der Waals surface area contributed by atoms with Crippen LogP contribution in [0.4, 0.5) is 4.39 Å². The van der Waals surface area contributed by atoms with Crippen LogP contribution in [0.3, 0.4) is 0 Å². The van der Waals surface area contributed by atoms with E-state index in [1.54, 1.807) is 33.6 Å². The second-order valence-corrected chi connectivity index (χ2v) is 6.58. The summed E-state index contributed by atoms with van der Waals surface area (Å²) in [4.78, 5) is 1.26. The van der Waals surface area contributed by atoms with Gasteiger partial charge < -0.3 is 0 Å². The number of hydrogen-bond acceptors (Lipinski definition) is 4. The Hall–Kier alpha value is -3.11. The summed E-state index contributed by atoms with van der Waals surface area (Å²) < 4.78 is 17.5. The van der Waals surface area contributed by atoms with Gasteiger partial charge in [-0.05, 0) is 18.2 Å². The van der Waals surface area contributed by atoms with Crippen LogP contribution in [0.15, 0.2) is 64.9 Å². The smallest absolute Gasteiger partial charge is 0.137 e. The standard InChI is InChI=1S/C18H12FN5S/c1-23-10-14(9-21-23)12-6-17(25-16-5-3-2-4-15(16)19)18-13(7-20)8-22-24(18)11-12/h2-6,8-11H,1H3. The van der Waals surface area contributed by atoms with Crippen molar-refractivity contribution in [2.75, 3.05) is 0 Å². The van der Waals surface area contributed by atoms with Gasteiger partial charge in [-0.15, -0.1) is 0 Å². The average molecular weight is 349 g/mol. The maximum absolute atomic E-state index is 14.1. The molecule has 0 N–H and O–H groups in total. The topological polar surface area (TPSA) is 58.9 Å². The molecule has 4 rings (SSSR count). The van der Waals surface area contributed by atoms with E-state index in [-0.39, 0.29) is 5.82 Å². The molecule has 0 bridgehead atoms. The van der Waals surface area contributed by atoms with Gasteiger partial charge in [0.15, 0.2) is 0 Å². The zero-order valence-corrected chi connectivity index (χ0v) is 14.0. The second kappa shape index (κ2) is 6.07. The van der Waals surface area contributed by atoms with Crippen molar-refractivity contribution in [2.45, 2.75) is 9.79 Å². The van der Waals surface area contributed by atoms with E-state index in [1.165, 1.54) is 24.0 Å². The molecule has 122 valence electrons. The van der Waals surface area contributed by atoms with E-state index >= 15 is 0 Å². The minimum Gasteiger partial charge on any atom is -0.275 e. The number of pyridine rings is 1. The van der Waals surface area contributed by atoms with Gasteiger partial charge in [0, 0.05) is 40.4 Å². The van der Waals surface area contributed by atoms with E-state index in [0.29, 0.717) is 16.0 Å². The number of aromatic nitrogens is 4. The van der Waals surface area contributed by atoms with Crippen LogP contribution in [0, 0.1) is 17.1 Å². The fourth-order valence-corrected chi connectivity index (χ4v) is 3.65. The normalized spacial score (nSPS) is 10.9. The van der Waals surface area contributed by atoms with Gasteiger partial charge >= 0.3 is 0 Å². The van der Waals surface area contributed by atoms with Crippen LogP contribution < -0.4 is 0 Å². The van der Waals surface area contributed by atoms with Crippen molar-refractivity contribution < 1.29 is 4.39 Å². The van der Waals surface area contributed by atoms with Crippen molar-refractivity contribution in [3.8, 4) is 17.2 Å². The van der Waals surface area contributed by atoms with Crippen molar-refractivity contribution in [3.05, 3.63) is 66.5 Å². The molecule has 0 saturated heterocycles. The van der Waals surface area contributed by atoms with E-state index in [2.05, 4.69) is 16.3 Å². The summed E-state index contributed by atoms with van der Waals surface area (Å²) >= 11 is 1.28. The van der Waals surface area contributed by atoms with E-state index < -0.39 is 0 Å². The molecule has 0 aliphatic carbocycles. The van der Waals surface area contributed by atoms with Gasteiger partial charge in [-0.25, -0.2) is 8.91 Å². The van der Waals surface area contributed by atoms with Crippen LogP contribution in [0.2, 0.25) is 0 Å². The van der Waals surface area contributed by atoms with Gasteiger partial charge in [-0.1, -0.05) is 23.9 Å². The van der Waals surface area contributed by atoms with Crippen molar-refractivity contribution in [2.24, 2.45) is 7.05 Å². The Morgan fingerprint density at radius 3 is 2.64 bits per heavy atom. The van der Waals surface area contributed by atoms with Gasteiger partial charge in [0.25, 0.3) is 0 Å². The SMILES string of the molecule is Cn1cc(-c2cc(Sc3ccccc3F)c3c(C#N)cnn3c2)cn1. The van der Waals surface area contributed by atoms with Crippen molar-refractivity contribution >= 4 is 17.3 Å². The summed E-state index contributed by atoms with van der Waals surface area (Å²) in [5.74, 6) is -0.296. The lowest BCUT2D eigenvalue weighted by molar-refractivity contribution is 0.602. The van der Waals surface area contributed by atoms with Crippen LogP contribution in [-0.2, 0) is 7.05 Å². The molecule has 0 atom stereocenters. The fourth-order valence-electron chi connectivity index (χ4n) is 2.62. The number of hydrogen-bond donors (Lipinski definition) is 0. The highest BCUT2D eigenvalue weighted by atomic mass is 32.2. The monoisotopic (exact) mass is 349 g/mol. The molecule has 7 heteroatoms. The molecule has 25 heavy (non-hydrogen) atoms. The van der Waals surface area contributed by atoms with Crippen LogP contribution >= 0.6 is 11.8 Å². The molecule has 0 aliphatic heterocycles. The molecule has 0 radical (unpaired) electrons. The minimum atomic E-state index is -0.296. The summed E-state index contributed by atoms with van der Waals surface area (Å²) in [6.45, 7) is 0. The highest BCUT2D eigenvalue weighted by molar-refractivity contribution is 7.99. The molecule has 1 aromatic carbocycles. The lowest BCUT2D eigenvalue weighted by atomic mass is 10.1. The first-order chi connectivity index (χ1) is 12.2. The van der Waals surface area contributed by atoms with Crippen LogP contribution in [0.5, 0.6) is 0 Å². The Bertz CT molecular complexity index is 1120. The lowest BCUT2D eigenvalue weighted by Gasteiger charge is -2.08. The van der Waals surface area contributed by atoms with Crippen LogP contribution in [0.1, 0.15) is 5.56 Å². The molecule has 3 aromatic heterocycles. The first-order valence-corrected chi connectivity index (χ1v) is 8.30. The highest BCUT2D eigenvalue weighted by Crippen LogP contribution is 2.36. The van der Waals surface area contributed by atoms with Crippen LogP contribution in [0.25, 0.3) is 16.6 Å². The molecule has 0 amide bonds. The summed E-state index contributed by atoms with van der Waals surface area (Å²) in [6.07, 6.45) is 7.02. The number of fused-ring (bicyclic) bond motifs is 1. The number of halogens is 1. The van der Waals surface area contributed by atoms with Gasteiger partial charge in [0.1, 0.15) is 11.9 Å². The molecule has 0 saturated carbocycles. The molecule has 4 aromatic rings. The van der Waals surface area contributed by atoms with Gasteiger partial charge in [-0.3, -0.25) is 4.68 Å². The predicted molar refractivity (Wildman–Crippen MR) is 92.6 cm³/mol. The van der Waals surface area contributed by atoms with E-state index in [9.17, 15) is 9.65 Å². The third-order valence-electron chi connectivity index (χ3n) is 3.79. The third kappa shape index (κ3) is 2.77. The molecule has 5 nitrogen and oxygen atoms in total. The summed E-state index contributed by atoms with van der Waals surface area (Å²) in [7, 11) is 1.85.